The van der Waals surface area contributed by atoms with Gasteiger partial charge in [-0.1, -0.05) is 35.0 Å². The molecular weight excluding hydrogens is 467 g/mol. The minimum absolute atomic E-state index is 0.00575. The molecule has 2 heterocycles. The van der Waals surface area contributed by atoms with Gasteiger partial charge in [0.05, 0.1) is 5.69 Å². The second-order valence-electron chi connectivity index (χ2n) is 7.26. The van der Waals surface area contributed by atoms with Gasteiger partial charge in [-0.2, -0.15) is 14.8 Å². The molecule has 4 rings (SSSR count). The van der Waals surface area contributed by atoms with Crippen molar-refractivity contribution in [1.29, 1.82) is 0 Å². The van der Waals surface area contributed by atoms with E-state index >= 15 is 0 Å². The number of hydrogen-bond donors (Lipinski definition) is 1. The number of hydrogen-bond acceptors (Lipinski definition) is 7. The number of benzene rings is 2. The summed E-state index contributed by atoms with van der Waals surface area (Å²) < 4.78 is 20.7. The Morgan fingerprint density at radius 1 is 1.15 bits per heavy atom. The zero-order chi connectivity index (χ0) is 24.2. The minimum atomic E-state index is -0.704. The Balaban J connectivity index is 1.49. The van der Waals surface area contributed by atoms with Crippen LogP contribution in [0, 0.1) is 5.82 Å². The predicted molar refractivity (Wildman–Crippen MR) is 120 cm³/mol. The van der Waals surface area contributed by atoms with E-state index in [2.05, 4.69) is 20.6 Å². The largest absolute Gasteiger partial charge is 0.352 e. The summed E-state index contributed by atoms with van der Waals surface area (Å²) in [5, 5.41) is 11.0. The van der Waals surface area contributed by atoms with Crippen molar-refractivity contribution in [3.63, 3.8) is 0 Å². The Labute approximate surface area is 196 Å². The lowest BCUT2D eigenvalue weighted by atomic mass is 10.2. The molecule has 0 fully saturated rings. The SMILES string of the molecule is Cn1c(=O)c(-c2noc(CCC(=O)NCc3ccccc3F)n2)nn(-c2ccc(Cl)cc2)c1=O. The highest BCUT2D eigenvalue weighted by Gasteiger charge is 2.19. The lowest BCUT2D eigenvalue weighted by Crippen LogP contribution is -2.40. The average molecular weight is 485 g/mol. The summed E-state index contributed by atoms with van der Waals surface area (Å²) in [6.45, 7) is 0.0484. The molecule has 0 radical (unpaired) electrons. The van der Waals surface area contributed by atoms with Crippen molar-refractivity contribution in [3.8, 4) is 17.2 Å². The van der Waals surface area contributed by atoms with Crippen LogP contribution in [0.4, 0.5) is 4.39 Å². The smallest absolute Gasteiger partial charge is 0.351 e. The molecule has 10 nitrogen and oxygen atoms in total. The molecule has 0 spiro atoms. The van der Waals surface area contributed by atoms with E-state index in [0.717, 1.165) is 9.25 Å². The van der Waals surface area contributed by atoms with E-state index in [0.29, 0.717) is 16.3 Å². The van der Waals surface area contributed by atoms with E-state index in [-0.39, 0.29) is 42.7 Å². The van der Waals surface area contributed by atoms with Crippen LogP contribution in [-0.2, 0) is 24.8 Å². The molecule has 0 unspecified atom stereocenters. The second-order valence-corrected chi connectivity index (χ2v) is 7.70. The monoisotopic (exact) mass is 484 g/mol. The van der Waals surface area contributed by atoms with Crippen LogP contribution in [0.5, 0.6) is 0 Å². The summed E-state index contributed by atoms with van der Waals surface area (Å²) in [4.78, 5) is 41.4. The van der Waals surface area contributed by atoms with E-state index in [1.165, 1.54) is 13.1 Å². The third kappa shape index (κ3) is 4.94. The van der Waals surface area contributed by atoms with Crippen LogP contribution in [0.15, 0.2) is 62.6 Å². The van der Waals surface area contributed by atoms with Crippen molar-refractivity contribution >= 4 is 17.5 Å². The lowest BCUT2D eigenvalue weighted by Gasteiger charge is -2.07. The van der Waals surface area contributed by atoms with Gasteiger partial charge in [0.1, 0.15) is 5.82 Å². The first-order valence-corrected chi connectivity index (χ1v) is 10.5. The minimum Gasteiger partial charge on any atom is -0.352 e. The fourth-order valence-electron chi connectivity index (χ4n) is 3.06. The average Bonchev–Trinajstić information content (AvgIpc) is 3.30. The fourth-order valence-corrected chi connectivity index (χ4v) is 3.19. The van der Waals surface area contributed by atoms with Gasteiger partial charge in [-0.25, -0.2) is 9.18 Å². The zero-order valence-corrected chi connectivity index (χ0v) is 18.6. The molecule has 12 heteroatoms. The number of carbonyl (C=O) groups excluding carboxylic acids is 1. The third-order valence-electron chi connectivity index (χ3n) is 4.93. The standard InChI is InChI=1S/C22H18ClFN6O4/c1-29-21(32)19(27-30(22(29)33)15-8-6-14(23)7-9-15)20-26-18(34-28-20)11-10-17(31)25-12-13-4-2-3-5-16(13)24/h2-9H,10-12H2,1H3,(H,25,31). The quantitative estimate of drug-likeness (QED) is 0.425. The van der Waals surface area contributed by atoms with Crippen LogP contribution >= 0.6 is 11.6 Å². The van der Waals surface area contributed by atoms with Gasteiger partial charge in [0.2, 0.25) is 17.6 Å². The number of rotatable bonds is 7. The Morgan fingerprint density at radius 2 is 1.88 bits per heavy atom. The summed E-state index contributed by atoms with van der Waals surface area (Å²) in [6.07, 6.45) is 0.0963. The Bertz CT molecular complexity index is 1460. The van der Waals surface area contributed by atoms with Crippen molar-refractivity contribution in [3.05, 3.63) is 91.7 Å². The van der Waals surface area contributed by atoms with E-state index in [1.54, 1.807) is 42.5 Å². The van der Waals surface area contributed by atoms with Gasteiger partial charge in [0, 0.05) is 37.0 Å². The number of nitrogens with one attached hydrogen (secondary N) is 1. The summed E-state index contributed by atoms with van der Waals surface area (Å²) in [6, 6.07) is 12.5. The fraction of sp³-hybridized carbons (Fsp3) is 0.182. The van der Waals surface area contributed by atoms with Gasteiger partial charge in [0.25, 0.3) is 5.56 Å². The molecule has 0 saturated carbocycles. The topological polar surface area (TPSA) is 125 Å². The predicted octanol–water partition coefficient (Wildman–Crippen LogP) is 2.02. The molecule has 0 aliphatic carbocycles. The summed E-state index contributed by atoms with van der Waals surface area (Å²) in [5.41, 5.74) is -0.803. The van der Waals surface area contributed by atoms with E-state index in [1.807, 2.05) is 0 Å². The van der Waals surface area contributed by atoms with Gasteiger partial charge in [-0.15, -0.1) is 0 Å². The number of amides is 1. The molecule has 0 saturated heterocycles. The summed E-state index contributed by atoms with van der Waals surface area (Å²) in [7, 11) is 1.31. The highest BCUT2D eigenvalue weighted by atomic mass is 35.5. The molecule has 34 heavy (non-hydrogen) atoms. The Kier molecular flexibility index (Phi) is 6.64. The number of halogens is 2. The number of carbonyl (C=O) groups is 1. The van der Waals surface area contributed by atoms with Crippen LogP contribution in [0.1, 0.15) is 17.9 Å². The van der Waals surface area contributed by atoms with Gasteiger partial charge < -0.3 is 9.84 Å². The van der Waals surface area contributed by atoms with Crippen LogP contribution in [0.25, 0.3) is 17.2 Å². The van der Waals surface area contributed by atoms with Crippen molar-refractivity contribution in [2.45, 2.75) is 19.4 Å². The van der Waals surface area contributed by atoms with Crippen molar-refractivity contribution in [1.82, 2.24) is 29.8 Å². The van der Waals surface area contributed by atoms with Crippen LogP contribution in [-0.4, -0.2) is 30.4 Å². The Morgan fingerprint density at radius 3 is 2.62 bits per heavy atom. The summed E-state index contributed by atoms with van der Waals surface area (Å²) in [5.74, 6) is -0.763. The third-order valence-corrected chi connectivity index (χ3v) is 5.18. The second kappa shape index (κ2) is 9.79. The van der Waals surface area contributed by atoms with E-state index in [9.17, 15) is 18.8 Å². The van der Waals surface area contributed by atoms with Crippen molar-refractivity contribution < 1.29 is 13.7 Å². The molecule has 2 aromatic carbocycles. The molecule has 0 aliphatic heterocycles. The van der Waals surface area contributed by atoms with E-state index < -0.39 is 17.1 Å². The first-order chi connectivity index (χ1) is 16.3. The molecule has 1 N–H and O–H groups in total. The highest BCUT2D eigenvalue weighted by Crippen LogP contribution is 2.13. The molecular formula is C22H18ClFN6O4. The number of nitrogens with zero attached hydrogens (tertiary/aromatic N) is 5. The maximum absolute atomic E-state index is 13.7. The zero-order valence-electron chi connectivity index (χ0n) is 17.9. The molecule has 0 bridgehead atoms. The van der Waals surface area contributed by atoms with Crippen molar-refractivity contribution in [2.75, 3.05) is 0 Å². The molecule has 2 aromatic heterocycles. The van der Waals surface area contributed by atoms with Crippen LogP contribution < -0.4 is 16.6 Å². The van der Waals surface area contributed by atoms with Crippen LogP contribution in [0.2, 0.25) is 5.02 Å². The normalized spacial score (nSPS) is 10.9. The number of aryl methyl sites for hydroxylation is 1. The lowest BCUT2D eigenvalue weighted by molar-refractivity contribution is -0.121. The first kappa shape index (κ1) is 23.1. The molecule has 1 amide bonds. The van der Waals surface area contributed by atoms with Crippen molar-refractivity contribution in [2.24, 2.45) is 7.05 Å². The van der Waals surface area contributed by atoms with E-state index in [4.69, 9.17) is 16.1 Å². The van der Waals surface area contributed by atoms with Gasteiger partial charge in [-0.3, -0.25) is 14.2 Å². The number of aromatic nitrogens is 5. The van der Waals surface area contributed by atoms with Gasteiger partial charge in [0.15, 0.2) is 5.69 Å². The molecule has 4 aromatic rings. The summed E-state index contributed by atoms with van der Waals surface area (Å²) >= 11 is 5.89. The maximum Gasteiger partial charge on any atom is 0.351 e. The molecule has 0 atom stereocenters. The highest BCUT2D eigenvalue weighted by molar-refractivity contribution is 6.30. The molecule has 0 aliphatic rings. The van der Waals surface area contributed by atoms with Gasteiger partial charge in [-0.05, 0) is 30.3 Å². The van der Waals surface area contributed by atoms with Gasteiger partial charge >= 0.3 is 5.69 Å². The first-order valence-electron chi connectivity index (χ1n) is 10.1. The molecule has 174 valence electrons. The van der Waals surface area contributed by atoms with Crippen LogP contribution in [0.3, 0.4) is 0 Å². The Hall–Kier alpha value is -4.12. The maximum atomic E-state index is 13.7.